The zero-order valence-corrected chi connectivity index (χ0v) is 12.5. The number of carbonyl (C=O) groups is 2. The Balaban J connectivity index is 1.66. The van der Waals surface area contributed by atoms with Gasteiger partial charge in [-0.3, -0.25) is 9.78 Å². The van der Waals surface area contributed by atoms with Gasteiger partial charge in [0, 0.05) is 18.1 Å². The molecule has 1 aromatic heterocycles. The van der Waals surface area contributed by atoms with Crippen LogP contribution in [-0.4, -0.2) is 23.5 Å². The van der Waals surface area contributed by atoms with E-state index < -0.39 is 0 Å². The van der Waals surface area contributed by atoms with Crippen molar-refractivity contribution in [3.8, 4) is 5.75 Å². The van der Waals surface area contributed by atoms with E-state index >= 15 is 0 Å². The number of benzene rings is 1. The molecule has 0 saturated heterocycles. The first kappa shape index (κ1) is 14.8. The van der Waals surface area contributed by atoms with Gasteiger partial charge in [-0.05, 0) is 36.8 Å². The van der Waals surface area contributed by atoms with Crippen LogP contribution in [0.5, 0.6) is 5.75 Å². The number of nitrogens with one attached hydrogen (secondary N) is 3. The molecule has 1 aliphatic rings. The van der Waals surface area contributed by atoms with Gasteiger partial charge in [0.25, 0.3) is 5.91 Å². The van der Waals surface area contributed by atoms with Crippen LogP contribution in [0.4, 0.5) is 16.2 Å². The first-order valence-corrected chi connectivity index (χ1v) is 7.16. The smallest absolute Gasteiger partial charge is 0.319 e. The average molecular weight is 312 g/mol. The highest BCUT2D eigenvalue weighted by Crippen LogP contribution is 2.30. The molecule has 3 rings (SSSR count). The van der Waals surface area contributed by atoms with E-state index in [2.05, 4.69) is 20.9 Å². The molecule has 0 spiro atoms. The summed E-state index contributed by atoms with van der Waals surface area (Å²) >= 11 is 0. The number of nitrogens with zero attached hydrogens (tertiary/aromatic N) is 1. The molecule has 23 heavy (non-hydrogen) atoms. The van der Waals surface area contributed by atoms with Crippen LogP contribution in [0.25, 0.3) is 0 Å². The SMILES string of the molecule is CC(NC(=O)Nc1ccncc1)c1ccc2c(c1)NC(=O)CO2. The number of aromatic nitrogens is 1. The molecule has 0 saturated carbocycles. The van der Waals surface area contributed by atoms with Gasteiger partial charge in [0.1, 0.15) is 5.75 Å². The van der Waals surface area contributed by atoms with Crippen molar-refractivity contribution in [3.63, 3.8) is 0 Å². The van der Waals surface area contributed by atoms with E-state index in [9.17, 15) is 9.59 Å². The summed E-state index contributed by atoms with van der Waals surface area (Å²) in [5, 5.41) is 8.32. The standard InChI is InChI=1S/C16H16N4O3/c1-10(18-16(22)19-12-4-6-17-7-5-12)11-2-3-14-13(8-11)20-15(21)9-23-14/h2-8,10H,9H2,1H3,(H,20,21)(H2,17,18,19,22). The molecule has 1 unspecified atom stereocenters. The lowest BCUT2D eigenvalue weighted by atomic mass is 10.1. The van der Waals surface area contributed by atoms with E-state index in [0.717, 1.165) is 5.56 Å². The second kappa shape index (κ2) is 6.35. The van der Waals surface area contributed by atoms with Crippen molar-refractivity contribution in [2.24, 2.45) is 0 Å². The number of pyridine rings is 1. The fourth-order valence-corrected chi connectivity index (χ4v) is 2.25. The lowest BCUT2D eigenvalue weighted by molar-refractivity contribution is -0.118. The number of rotatable bonds is 3. The van der Waals surface area contributed by atoms with Crippen LogP contribution in [-0.2, 0) is 4.79 Å². The Morgan fingerprint density at radius 3 is 2.87 bits per heavy atom. The Kier molecular flexibility index (Phi) is 4.09. The molecule has 3 amide bonds. The molecule has 0 radical (unpaired) electrons. The summed E-state index contributed by atoms with van der Waals surface area (Å²) in [6.07, 6.45) is 3.20. The fourth-order valence-electron chi connectivity index (χ4n) is 2.25. The van der Waals surface area contributed by atoms with Crippen molar-refractivity contribution < 1.29 is 14.3 Å². The normalized spacial score (nSPS) is 14.0. The highest BCUT2D eigenvalue weighted by molar-refractivity contribution is 5.95. The molecule has 1 atom stereocenters. The van der Waals surface area contributed by atoms with Crippen molar-refractivity contribution in [1.29, 1.82) is 0 Å². The predicted molar refractivity (Wildman–Crippen MR) is 85.4 cm³/mol. The van der Waals surface area contributed by atoms with Crippen LogP contribution in [0.15, 0.2) is 42.7 Å². The minimum absolute atomic E-state index is 0.0223. The number of hydrogen-bond acceptors (Lipinski definition) is 4. The fraction of sp³-hybridized carbons (Fsp3) is 0.188. The summed E-state index contributed by atoms with van der Waals surface area (Å²) < 4.78 is 5.31. The highest BCUT2D eigenvalue weighted by Gasteiger charge is 2.18. The van der Waals surface area contributed by atoms with Gasteiger partial charge in [0.05, 0.1) is 11.7 Å². The molecule has 1 aliphatic heterocycles. The van der Waals surface area contributed by atoms with Gasteiger partial charge in [-0.25, -0.2) is 4.79 Å². The second-order valence-corrected chi connectivity index (χ2v) is 5.15. The number of fused-ring (bicyclic) bond motifs is 1. The van der Waals surface area contributed by atoms with E-state index in [1.807, 2.05) is 13.0 Å². The highest BCUT2D eigenvalue weighted by atomic mass is 16.5. The minimum Gasteiger partial charge on any atom is -0.482 e. The molecule has 118 valence electrons. The Morgan fingerprint density at radius 1 is 1.30 bits per heavy atom. The van der Waals surface area contributed by atoms with E-state index in [-0.39, 0.29) is 24.6 Å². The van der Waals surface area contributed by atoms with Crippen LogP contribution in [0.2, 0.25) is 0 Å². The lowest BCUT2D eigenvalue weighted by Gasteiger charge is -2.21. The number of anilines is 2. The Hall–Kier alpha value is -3.09. The van der Waals surface area contributed by atoms with Crippen molar-refractivity contribution in [2.45, 2.75) is 13.0 Å². The van der Waals surface area contributed by atoms with Gasteiger partial charge in [-0.2, -0.15) is 0 Å². The Bertz CT molecular complexity index is 733. The molecule has 0 fully saturated rings. The zero-order chi connectivity index (χ0) is 16.2. The third-order valence-corrected chi connectivity index (χ3v) is 3.42. The maximum absolute atomic E-state index is 12.0. The number of ether oxygens (including phenoxy) is 1. The molecule has 3 N–H and O–H groups in total. The second-order valence-electron chi connectivity index (χ2n) is 5.15. The largest absolute Gasteiger partial charge is 0.482 e. The topological polar surface area (TPSA) is 92.4 Å². The van der Waals surface area contributed by atoms with Gasteiger partial charge >= 0.3 is 6.03 Å². The van der Waals surface area contributed by atoms with Crippen LogP contribution in [0.1, 0.15) is 18.5 Å². The summed E-state index contributed by atoms with van der Waals surface area (Å²) in [5.41, 5.74) is 2.14. The molecule has 0 bridgehead atoms. The molecular weight excluding hydrogens is 296 g/mol. The monoisotopic (exact) mass is 312 g/mol. The van der Waals surface area contributed by atoms with Crippen molar-refractivity contribution in [2.75, 3.05) is 17.2 Å². The summed E-state index contributed by atoms with van der Waals surface area (Å²) in [6, 6.07) is 8.29. The van der Waals surface area contributed by atoms with Gasteiger partial charge in [-0.1, -0.05) is 6.07 Å². The van der Waals surface area contributed by atoms with Crippen molar-refractivity contribution >= 4 is 23.3 Å². The Morgan fingerprint density at radius 2 is 2.09 bits per heavy atom. The number of amides is 3. The van der Waals surface area contributed by atoms with E-state index in [4.69, 9.17) is 4.74 Å². The zero-order valence-electron chi connectivity index (χ0n) is 12.5. The molecule has 7 nitrogen and oxygen atoms in total. The third kappa shape index (κ3) is 3.57. The van der Waals surface area contributed by atoms with E-state index in [0.29, 0.717) is 17.1 Å². The van der Waals surface area contributed by atoms with Crippen molar-refractivity contribution in [3.05, 3.63) is 48.3 Å². The molecule has 1 aromatic carbocycles. The number of urea groups is 1. The first-order valence-electron chi connectivity index (χ1n) is 7.16. The third-order valence-electron chi connectivity index (χ3n) is 3.42. The Labute approximate surface area is 133 Å². The first-order chi connectivity index (χ1) is 11.1. The minimum atomic E-state index is -0.318. The maximum Gasteiger partial charge on any atom is 0.319 e. The molecule has 2 heterocycles. The van der Waals surface area contributed by atoms with E-state index in [1.165, 1.54) is 0 Å². The van der Waals surface area contributed by atoms with Gasteiger partial charge in [0.15, 0.2) is 6.61 Å². The summed E-state index contributed by atoms with van der Waals surface area (Å²) in [4.78, 5) is 27.3. The average Bonchev–Trinajstić information content (AvgIpc) is 2.54. The van der Waals surface area contributed by atoms with Crippen LogP contribution >= 0.6 is 0 Å². The van der Waals surface area contributed by atoms with Crippen LogP contribution in [0.3, 0.4) is 0 Å². The summed E-state index contributed by atoms with van der Waals surface area (Å²) in [7, 11) is 0. The molecule has 7 heteroatoms. The lowest BCUT2D eigenvalue weighted by Crippen LogP contribution is -2.31. The van der Waals surface area contributed by atoms with Gasteiger partial charge < -0.3 is 20.7 Å². The summed E-state index contributed by atoms with van der Waals surface area (Å²) in [5.74, 6) is 0.437. The van der Waals surface area contributed by atoms with Crippen LogP contribution < -0.4 is 20.7 Å². The molecule has 2 aromatic rings. The molecule has 0 aliphatic carbocycles. The predicted octanol–water partition coefficient (Wildman–Crippen LogP) is 2.30. The quantitative estimate of drug-likeness (QED) is 0.811. The molecular formula is C16H16N4O3. The van der Waals surface area contributed by atoms with E-state index in [1.54, 1.807) is 36.7 Å². The maximum atomic E-state index is 12.0. The van der Waals surface area contributed by atoms with Gasteiger partial charge in [-0.15, -0.1) is 0 Å². The van der Waals surface area contributed by atoms with Crippen molar-refractivity contribution in [1.82, 2.24) is 10.3 Å². The van der Waals surface area contributed by atoms with Crippen LogP contribution in [0, 0.1) is 0 Å². The number of carbonyl (C=O) groups excluding carboxylic acids is 2. The summed E-state index contributed by atoms with van der Waals surface area (Å²) in [6.45, 7) is 1.88. The number of hydrogen-bond donors (Lipinski definition) is 3. The van der Waals surface area contributed by atoms with Gasteiger partial charge in [0.2, 0.25) is 0 Å².